The molecule has 1 rings (SSSR count). The zero-order valence-electron chi connectivity index (χ0n) is 11.1. The van der Waals surface area contributed by atoms with E-state index in [1.165, 1.54) is 0 Å². The van der Waals surface area contributed by atoms with Gasteiger partial charge in [0.1, 0.15) is 11.6 Å². The van der Waals surface area contributed by atoms with Gasteiger partial charge in [0.25, 0.3) is 0 Å². The van der Waals surface area contributed by atoms with Crippen molar-refractivity contribution in [1.82, 2.24) is 5.32 Å². The maximum absolute atomic E-state index is 11.8. The van der Waals surface area contributed by atoms with Crippen molar-refractivity contribution in [3.63, 3.8) is 0 Å². The predicted octanol–water partition coefficient (Wildman–Crippen LogP) is 1.48. The van der Waals surface area contributed by atoms with Gasteiger partial charge in [-0.25, -0.2) is 0 Å². The molecular weight excluding hydrogens is 206 g/mol. The van der Waals surface area contributed by atoms with Gasteiger partial charge in [0.15, 0.2) is 0 Å². The largest absolute Gasteiger partial charge is 0.459 e. The molecule has 0 spiro atoms. The Kier molecular flexibility index (Phi) is 3.65. The van der Waals surface area contributed by atoms with Crippen molar-refractivity contribution < 1.29 is 14.3 Å². The highest BCUT2D eigenvalue weighted by Crippen LogP contribution is 2.20. The van der Waals surface area contributed by atoms with Gasteiger partial charge in [-0.2, -0.15) is 0 Å². The first kappa shape index (κ1) is 13.5. The lowest BCUT2D eigenvalue weighted by Crippen LogP contribution is -2.64. The van der Waals surface area contributed by atoms with Crippen LogP contribution in [0.2, 0.25) is 0 Å². The zero-order chi connectivity index (χ0) is 12.6. The Morgan fingerprint density at radius 1 is 1.12 bits per heavy atom. The molecule has 0 unspecified atom stereocenters. The topological polar surface area (TPSA) is 47.6 Å². The van der Waals surface area contributed by atoms with Gasteiger partial charge in [-0.1, -0.05) is 0 Å². The van der Waals surface area contributed by atoms with Crippen molar-refractivity contribution in [1.29, 1.82) is 0 Å². The van der Waals surface area contributed by atoms with Gasteiger partial charge in [0.05, 0.1) is 11.7 Å². The van der Waals surface area contributed by atoms with Crippen LogP contribution >= 0.6 is 0 Å². The highest BCUT2D eigenvalue weighted by molar-refractivity contribution is 5.78. The molecule has 2 atom stereocenters. The molecule has 1 fully saturated rings. The van der Waals surface area contributed by atoms with E-state index in [-0.39, 0.29) is 23.7 Å². The summed E-state index contributed by atoms with van der Waals surface area (Å²) in [6, 6.07) is -0.321. The smallest absolute Gasteiger partial charge is 0.326 e. The third-order valence-electron chi connectivity index (χ3n) is 2.08. The number of nitrogens with one attached hydrogen (secondary N) is 1. The van der Waals surface area contributed by atoms with E-state index in [1.54, 1.807) is 0 Å². The highest BCUT2D eigenvalue weighted by atomic mass is 16.6. The minimum Gasteiger partial charge on any atom is -0.459 e. The van der Waals surface area contributed by atoms with E-state index in [2.05, 4.69) is 5.32 Å². The van der Waals surface area contributed by atoms with Gasteiger partial charge < -0.3 is 9.47 Å². The summed E-state index contributed by atoms with van der Waals surface area (Å²) in [6.07, 6.45) is -0.0742. The Morgan fingerprint density at radius 2 is 1.69 bits per heavy atom. The molecule has 0 amide bonds. The van der Waals surface area contributed by atoms with Crippen LogP contribution in [-0.4, -0.2) is 35.9 Å². The van der Waals surface area contributed by atoms with Crippen molar-refractivity contribution in [2.75, 3.05) is 6.54 Å². The molecule has 0 saturated carbocycles. The molecule has 16 heavy (non-hydrogen) atoms. The standard InChI is InChI=1S/C12H23NO3/c1-11(2,3)15-8-7-13-9(8)10(14)16-12(4,5)6/h8-9,13H,7H2,1-6H3/t8-,9-/m1/s1. The molecule has 0 bridgehead atoms. The van der Waals surface area contributed by atoms with Crippen molar-refractivity contribution in [2.45, 2.75) is 64.9 Å². The van der Waals surface area contributed by atoms with E-state index < -0.39 is 5.60 Å². The number of hydrogen-bond acceptors (Lipinski definition) is 4. The molecule has 1 aliphatic heterocycles. The Balaban J connectivity index is 2.47. The van der Waals surface area contributed by atoms with Crippen LogP contribution in [0.15, 0.2) is 0 Å². The number of rotatable bonds is 2. The lowest BCUT2D eigenvalue weighted by atomic mass is 10.0. The van der Waals surface area contributed by atoms with Gasteiger partial charge in [-0.05, 0) is 41.5 Å². The molecule has 1 heterocycles. The molecule has 94 valence electrons. The fourth-order valence-electron chi connectivity index (χ4n) is 1.50. The molecule has 4 heteroatoms. The fourth-order valence-corrected chi connectivity index (χ4v) is 1.50. The average Bonchev–Trinajstić information content (AvgIpc) is 1.92. The van der Waals surface area contributed by atoms with Gasteiger partial charge in [-0.3, -0.25) is 10.1 Å². The minimum absolute atomic E-state index is 0.0742. The number of carbonyl (C=O) groups excluding carboxylic acids is 1. The molecule has 4 nitrogen and oxygen atoms in total. The fraction of sp³-hybridized carbons (Fsp3) is 0.917. The summed E-state index contributed by atoms with van der Waals surface area (Å²) >= 11 is 0. The Hall–Kier alpha value is -0.610. The molecule has 0 aromatic heterocycles. The van der Waals surface area contributed by atoms with Crippen LogP contribution in [-0.2, 0) is 14.3 Å². The van der Waals surface area contributed by atoms with Gasteiger partial charge in [0, 0.05) is 6.54 Å². The van der Waals surface area contributed by atoms with E-state index in [0.717, 1.165) is 0 Å². The summed E-state index contributed by atoms with van der Waals surface area (Å²) in [5, 5.41) is 3.04. The number of esters is 1. The molecule has 0 aromatic carbocycles. The predicted molar refractivity (Wildman–Crippen MR) is 62.3 cm³/mol. The summed E-state index contributed by atoms with van der Waals surface area (Å²) in [4.78, 5) is 11.8. The monoisotopic (exact) mass is 229 g/mol. The van der Waals surface area contributed by atoms with Crippen LogP contribution in [0.5, 0.6) is 0 Å². The zero-order valence-corrected chi connectivity index (χ0v) is 11.1. The maximum atomic E-state index is 11.8. The SMILES string of the molecule is CC(C)(C)OC(=O)[C@@H]1NC[C@H]1OC(C)(C)C. The molecule has 1 saturated heterocycles. The molecule has 1 aliphatic rings. The van der Waals surface area contributed by atoms with E-state index in [9.17, 15) is 4.79 Å². The van der Waals surface area contributed by atoms with E-state index in [0.29, 0.717) is 6.54 Å². The van der Waals surface area contributed by atoms with Crippen molar-refractivity contribution >= 4 is 5.97 Å². The van der Waals surface area contributed by atoms with Crippen LogP contribution in [0, 0.1) is 0 Å². The first-order chi connectivity index (χ1) is 7.08. The van der Waals surface area contributed by atoms with Crippen LogP contribution < -0.4 is 5.32 Å². The molecule has 0 aromatic rings. The Labute approximate surface area is 97.7 Å². The van der Waals surface area contributed by atoms with Crippen LogP contribution in [0.25, 0.3) is 0 Å². The van der Waals surface area contributed by atoms with E-state index >= 15 is 0 Å². The van der Waals surface area contributed by atoms with Gasteiger partial charge >= 0.3 is 5.97 Å². The van der Waals surface area contributed by atoms with Crippen molar-refractivity contribution in [2.24, 2.45) is 0 Å². The summed E-state index contributed by atoms with van der Waals surface area (Å²) in [6.45, 7) is 12.3. The number of hydrogen-bond donors (Lipinski definition) is 1. The Bertz CT molecular complexity index is 262. The lowest BCUT2D eigenvalue weighted by molar-refractivity contribution is -0.173. The third-order valence-corrected chi connectivity index (χ3v) is 2.08. The average molecular weight is 229 g/mol. The first-order valence-electron chi connectivity index (χ1n) is 5.72. The van der Waals surface area contributed by atoms with Crippen molar-refractivity contribution in [3.05, 3.63) is 0 Å². The number of carbonyl (C=O) groups is 1. The molecule has 1 N–H and O–H groups in total. The Morgan fingerprint density at radius 3 is 2.00 bits per heavy atom. The van der Waals surface area contributed by atoms with Gasteiger partial charge in [-0.15, -0.1) is 0 Å². The summed E-state index contributed by atoms with van der Waals surface area (Å²) < 4.78 is 11.1. The molecule has 0 radical (unpaired) electrons. The summed E-state index contributed by atoms with van der Waals surface area (Å²) in [7, 11) is 0. The molecule has 0 aliphatic carbocycles. The van der Waals surface area contributed by atoms with Crippen LogP contribution in [0.4, 0.5) is 0 Å². The second-order valence-corrected chi connectivity index (χ2v) is 6.19. The third kappa shape index (κ3) is 4.10. The lowest BCUT2D eigenvalue weighted by Gasteiger charge is -2.40. The number of ether oxygens (including phenoxy) is 2. The van der Waals surface area contributed by atoms with Crippen molar-refractivity contribution in [3.8, 4) is 0 Å². The summed E-state index contributed by atoms with van der Waals surface area (Å²) in [5.74, 6) is -0.229. The molecular formula is C12H23NO3. The quantitative estimate of drug-likeness (QED) is 0.729. The highest BCUT2D eigenvalue weighted by Gasteiger charge is 2.41. The van der Waals surface area contributed by atoms with Crippen LogP contribution in [0.1, 0.15) is 41.5 Å². The summed E-state index contributed by atoms with van der Waals surface area (Å²) in [5.41, 5.74) is -0.673. The first-order valence-corrected chi connectivity index (χ1v) is 5.72. The van der Waals surface area contributed by atoms with E-state index in [4.69, 9.17) is 9.47 Å². The maximum Gasteiger partial charge on any atom is 0.326 e. The minimum atomic E-state index is -0.444. The normalized spacial score (nSPS) is 26.1. The van der Waals surface area contributed by atoms with Gasteiger partial charge in [0.2, 0.25) is 0 Å². The van der Waals surface area contributed by atoms with E-state index in [1.807, 2.05) is 41.5 Å². The second-order valence-electron chi connectivity index (χ2n) is 6.19. The van der Waals surface area contributed by atoms with Crippen LogP contribution in [0.3, 0.4) is 0 Å². The second kappa shape index (κ2) is 4.34.